The van der Waals surface area contributed by atoms with Crippen LogP contribution in [0.2, 0.25) is 0 Å². The standard InChI is InChI=1S/C20H18FN3O2S/c21-18-9-14(7-8-16(18)15-10-23-20(22)24-11-15)17-3-1-2-4-19(17)27(25,26)12-13-5-6-13/h1-4,7-11,13H,5-6,12H2,(H2,22,23,24). The fourth-order valence-electron chi connectivity index (χ4n) is 3.05. The number of nitrogen functional groups attached to an aromatic ring is 1. The van der Waals surface area contributed by atoms with Gasteiger partial charge in [-0.2, -0.15) is 0 Å². The average molecular weight is 383 g/mol. The molecular weight excluding hydrogens is 365 g/mol. The minimum Gasteiger partial charge on any atom is -0.368 e. The molecule has 0 radical (unpaired) electrons. The molecular formula is C20H18FN3O2S. The van der Waals surface area contributed by atoms with Crippen molar-refractivity contribution in [1.29, 1.82) is 0 Å². The van der Waals surface area contributed by atoms with Crippen molar-refractivity contribution in [2.24, 2.45) is 5.92 Å². The van der Waals surface area contributed by atoms with Gasteiger partial charge in [0.1, 0.15) is 5.82 Å². The Balaban J connectivity index is 1.74. The van der Waals surface area contributed by atoms with Crippen molar-refractivity contribution in [2.75, 3.05) is 11.5 Å². The Kier molecular flexibility index (Phi) is 4.39. The number of sulfone groups is 1. The molecule has 2 aromatic carbocycles. The maximum atomic E-state index is 14.7. The lowest BCUT2D eigenvalue weighted by atomic mass is 10.0. The van der Waals surface area contributed by atoms with Crippen LogP contribution in [0.1, 0.15) is 12.8 Å². The zero-order valence-electron chi connectivity index (χ0n) is 14.5. The Labute approximate surface area is 157 Å². The summed E-state index contributed by atoms with van der Waals surface area (Å²) in [4.78, 5) is 8.01. The molecule has 0 aliphatic heterocycles. The zero-order valence-corrected chi connectivity index (χ0v) is 15.3. The van der Waals surface area contributed by atoms with Crippen molar-refractivity contribution in [3.8, 4) is 22.3 Å². The van der Waals surface area contributed by atoms with E-state index in [1.807, 2.05) is 0 Å². The van der Waals surface area contributed by atoms with E-state index in [0.717, 1.165) is 12.8 Å². The molecule has 0 unspecified atom stereocenters. The number of benzene rings is 2. The number of aromatic nitrogens is 2. The van der Waals surface area contributed by atoms with Gasteiger partial charge in [-0.3, -0.25) is 0 Å². The van der Waals surface area contributed by atoms with Gasteiger partial charge in [0.15, 0.2) is 9.84 Å². The van der Waals surface area contributed by atoms with Gasteiger partial charge in [0.05, 0.1) is 10.6 Å². The van der Waals surface area contributed by atoms with Gasteiger partial charge in [-0.15, -0.1) is 0 Å². The van der Waals surface area contributed by atoms with E-state index in [4.69, 9.17) is 5.73 Å². The van der Waals surface area contributed by atoms with Crippen molar-refractivity contribution in [2.45, 2.75) is 17.7 Å². The number of hydrogen-bond donors (Lipinski definition) is 1. The van der Waals surface area contributed by atoms with Crippen molar-refractivity contribution < 1.29 is 12.8 Å². The fourth-order valence-corrected chi connectivity index (χ4v) is 5.00. The average Bonchev–Trinajstić information content (AvgIpc) is 3.46. The second-order valence-electron chi connectivity index (χ2n) is 6.75. The van der Waals surface area contributed by atoms with Gasteiger partial charge in [-0.1, -0.05) is 30.3 Å². The first-order valence-corrected chi connectivity index (χ1v) is 10.3. The number of halogens is 1. The van der Waals surface area contributed by atoms with Crippen LogP contribution in [-0.2, 0) is 9.84 Å². The summed E-state index contributed by atoms with van der Waals surface area (Å²) < 4.78 is 40.3. The largest absolute Gasteiger partial charge is 0.368 e. The van der Waals surface area contributed by atoms with E-state index in [0.29, 0.717) is 22.3 Å². The van der Waals surface area contributed by atoms with Gasteiger partial charge in [-0.25, -0.2) is 22.8 Å². The Bertz CT molecular complexity index is 1090. The van der Waals surface area contributed by atoms with E-state index in [9.17, 15) is 12.8 Å². The molecule has 1 aliphatic carbocycles. The minimum absolute atomic E-state index is 0.116. The van der Waals surface area contributed by atoms with Gasteiger partial charge in [0.25, 0.3) is 0 Å². The van der Waals surface area contributed by atoms with E-state index >= 15 is 0 Å². The highest BCUT2D eigenvalue weighted by Gasteiger charge is 2.30. The third-order valence-electron chi connectivity index (χ3n) is 4.64. The van der Waals surface area contributed by atoms with Crippen LogP contribution in [0.15, 0.2) is 59.8 Å². The number of nitrogens with two attached hydrogens (primary N) is 1. The second kappa shape index (κ2) is 6.74. The van der Waals surface area contributed by atoms with Gasteiger partial charge in [-0.05, 0) is 36.5 Å². The maximum Gasteiger partial charge on any atom is 0.219 e. The molecule has 0 bridgehead atoms. The van der Waals surface area contributed by atoms with Gasteiger partial charge >= 0.3 is 0 Å². The topological polar surface area (TPSA) is 85.9 Å². The summed E-state index contributed by atoms with van der Waals surface area (Å²) in [5.41, 5.74) is 7.33. The zero-order chi connectivity index (χ0) is 19.0. The summed E-state index contributed by atoms with van der Waals surface area (Å²) in [5.74, 6) is 0.0291. The molecule has 1 saturated carbocycles. The molecule has 1 aliphatic rings. The van der Waals surface area contributed by atoms with Gasteiger partial charge < -0.3 is 5.73 Å². The first-order valence-electron chi connectivity index (χ1n) is 8.63. The predicted molar refractivity (Wildman–Crippen MR) is 102 cm³/mol. The van der Waals surface area contributed by atoms with Crippen LogP contribution in [0, 0.1) is 11.7 Å². The van der Waals surface area contributed by atoms with Crippen LogP contribution in [0.3, 0.4) is 0 Å². The predicted octanol–water partition coefficient (Wildman–Crippen LogP) is 3.72. The minimum atomic E-state index is -3.41. The van der Waals surface area contributed by atoms with E-state index in [1.54, 1.807) is 36.4 Å². The number of hydrogen-bond acceptors (Lipinski definition) is 5. The Morgan fingerprint density at radius 1 is 1.00 bits per heavy atom. The highest BCUT2D eigenvalue weighted by molar-refractivity contribution is 7.91. The van der Waals surface area contributed by atoms with E-state index in [2.05, 4.69) is 9.97 Å². The molecule has 1 fully saturated rings. The summed E-state index contributed by atoms with van der Waals surface area (Å²) in [7, 11) is -3.41. The normalized spacial score (nSPS) is 14.3. The Morgan fingerprint density at radius 2 is 1.70 bits per heavy atom. The molecule has 4 rings (SSSR count). The lowest BCUT2D eigenvalue weighted by molar-refractivity contribution is 0.592. The van der Waals surface area contributed by atoms with Gasteiger partial charge in [0, 0.05) is 29.1 Å². The van der Waals surface area contributed by atoms with E-state index in [1.165, 1.54) is 18.5 Å². The molecule has 1 aromatic heterocycles. The van der Waals surface area contributed by atoms with E-state index < -0.39 is 15.7 Å². The molecule has 0 amide bonds. The molecule has 0 atom stereocenters. The van der Waals surface area contributed by atoms with Crippen LogP contribution >= 0.6 is 0 Å². The van der Waals surface area contributed by atoms with Crippen molar-refractivity contribution in [3.05, 3.63) is 60.7 Å². The first kappa shape index (κ1) is 17.6. The summed E-state index contributed by atoms with van der Waals surface area (Å²) in [6, 6.07) is 11.4. The molecule has 2 N–H and O–H groups in total. The molecule has 3 aromatic rings. The van der Waals surface area contributed by atoms with Crippen LogP contribution in [-0.4, -0.2) is 24.1 Å². The van der Waals surface area contributed by atoms with E-state index in [-0.39, 0.29) is 22.5 Å². The second-order valence-corrected chi connectivity index (χ2v) is 8.75. The van der Waals surface area contributed by atoms with Crippen LogP contribution in [0.25, 0.3) is 22.3 Å². The lowest BCUT2D eigenvalue weighted by Gasteiger charge is -2.12. The highest BCUT2D eigenvalue weighted by Crippen LogP contribution is 2.36. The fraction of sp³-hybridized carbons (Fsp3) is 0.200. The van der Waals surface area contributed by atoms with Crippen molar-refractivity contribution in [3.63, 3.8) is 0 Å². The first-order chi connectivity index (χ1) is 12.9. The molecule has 1 heterocycles. The highest BCUT2D eigenvalue weighted by atomic mass is 32.2. The Morgan fingerprint density at radius 3 is 2.37 bits per heavy atom. The molecule has 7 heteroatoms. The van der Waals surface area contributed by atoms with Crippen LogP contribution in [0.4, 0.5) is 10.3 Å². The molecule has 27 heavy (non-hydrogen) atoms. The molecule has 0 saturated heterocycles. The molecule has 0 spiro atoms. The summed E-state index contributed by atoms with van der Waals surface area (Å²) >= 11 is 0. The summed E-state index contributed by atoms with van der Waals surface area (Å²) in [6.07, 6.45) is 4.81. The van der Waals surface area contributed by atoms with Crippen molar-refractivity contribution >= 4 is 15.8 Å². The Hall–Kier alpha value is -2.80. The SMILES string of the molecule is Nc1ncc(-c2ccc(-c3ccccc3S(=O)(=O)CC3CC3)cc2F)cn1. The third-order valence-corrected chi connectivity index (χ3v) is 6.57. The number of nitrogens with zero attached hydrogens (tertiary/aromatic N) is 2. The number of anilines is 1. The molecule has 5 nitrogen and oxygen atoms in total. The quantitative estimate of drug-likeness (QED) is 0.726. The molecule has 138 valence electrons. The summed E-state index contributed by atoms with van der Waals surface area (Å²) in [6.45, 7) is 0. The third kappa shape index (κ3) is 3.68. The van der Waals surface area contributed by atoms with Gasteiger partial charge in [0.2, 0.25) is 5.95 Å². The van der Waals surface area contributed by atoms with Crippen molar-refractivity contribution in [1.82, 2.24) is 9.97 Å². The number of rotatable bonds is 5. The van der Waals surface area contributed by atoms with Crippen LogP contribution in [0.5, 0.6) is 0 Å². The lowest BCUT2D eigenvalue weighted by Crippen LogP contribution is -2.09. The maximum absolute atomic E-state index is 14.7. The smallest absolute Gasteiger partial charge is 0.219 e. The summed E-state index contributed by atoms with van der Waals surface area (Å²) in [5, 5.41) is 0. The monoisotopic (exact) mass is 383 g/mol. The van der Waals surface area contributed by atoms with Crippen LogP contribution < -0.4 is 5.73 Å².